The Morgan fingerprint density at radius 3 is 2.76 bits per heavy atom. The highest BCUT2D eigenvalue weighted by Crippen LogP contribution is 2.22. The molecule has 0 saturated heterocycles. The number of aromatic nitrogens is 3. The van der Waals surface area contributed by atoms with Crippen molar-refractivity contribution < 1.29 is 4.79 Å². The van der Waals surface area contributed by atoms with Gasteiger partial charge in [0.15, 0.2) is 0 Å². The number of rotatable bonds is 4. The van der Waals surface area contributed by atoms with Gasteiger partial charge < -0.3 is 5.32 Å². The van der Waals surface area contributed by atoms with Crippen LogP contribution in [0.4, 0.5) is 5.69 Å². The summed E-state index contributed by atoms with van der Waals surface area (Å²) in [7, 11) is 0. The molecule has 0 aromatic carbocycles. The lowest BCUT2D eigenvalue weighted by atomic mass is 10.3. The fraction of sp³-hybridized carbons (Fsp3) is 0.0667. The molecule has 0 spiro atoms. The van der Waals surface area contributed by atoms with Crippen LogP contribution in [0.25, 0.3) is 10.6 Å². The van der Waals surface area contributed by atoms with Gasteiger partial charge in [0.2, 0.25) is 5.91 Å². The zero-order valence-corrected chi connectivity index (χ0v) is 11.9. The molecule has 3 aromatic heterocycles. The molecule has 5 nitrogen and oxygen atoms in total. The normalized spacial score (nSPS) is 10.3. The Hall–Kier alpha value is -2.60. The van der Waals surface area contributed by atoms with Crippen molar-refractivity contribution >= 4 is 22.9 Å². The fourth-order valence-corrected chi connectivity index (χ4v) is 2.63. The molecule has 3 rings (SSSR count). The largest absolute Gasteiger partial charge is 0.326 e. The Bertz CT molecular complexity index is 728. The number of anilines is 1. The minimum absolute atomic E-state index is 0.0933. The van der Waals surface area contributed by atoms with E-state index in [-0.39, 0.29) is 12.3 Å². The van der Waals surface area contributed by atoms with Gasteiger partial charge in [-0.25, -0.2) is 4.98 Å². The molecule has 0 atom stereocenters. The Labute approximate surface area is 125 Å². The van der Waals surface area contributed by atoms with E-state index in [0.29, 0.717) is 0 Å². The summed E-state index contributed by atoms with van der Waals surface area (Å²) in [5.41, 5.74) is 2.45. The maximum Gasteiger partial charge on any atom is 0.230 e. The molecular formula is C15H12N4OS. The van der Waals surface area contributed by atoms with Crippen molar-refractivity contribution in [3.8, 4) is 10.6 Å². The van der Waals surface area contributed by atoms with Gasteiger partial charge in [-0.1, -0.05) is 0 Å². The number of thiazole rings is 1. The zero-order chi connectivity index (χ0) is 14.5. The second kappa shape index (κ2) is 6.23. The summed E-state index contributed by atoms with van der Waals surface area (Å²) in [5, 5.41) is 5.58. The van der Waals surface area contributed by atoms with Gasteiger partial charge in [0, 0.05) is 41.4 Å². The molecule has 0 bridgehead atoms. The smallest absolute Gasteiger partial charge is 0.230 e. The van der Waals surface area contributed by atoms with Gasteiger partial charge >= 0.3 is 0 Å². The van der Waals surface area contributed by atoms with Crippen LogP contribution in [0, 0.1) is 0 Å². The van der Waals surface area contributed by atoms with Crippen LogP contribution in [0.3, 0.4) is 0 Å². The molecule has 0 saturated carbocycles. The molecule has 0 aliphatic heterocycles. The van der Waals surface area contributed by atoms with Gasteiger partial charge in [0.05, 0.1) is 12.1 Å². The maximum atomic E-state index is 11.9. The summed E-state index contributed by atoms with van der Waals surface area (Å²) in [6, 6.07) is 7.32. The predicted octanol–water partition coefficient (Wildman–Crippen LogP) is 2.78. The molecule has 6 heteroatoms. The van der Waals surface area contributed by atoms with E-state index in [1.54, 1.807) is 36.9 Å². The van der Waals surface area contributed by atoms with Crippen molar-refractivity contribution in [1.82, 2.24) is 15.0 Å². The van der Waals surface area contributed by atoms with Crippen LogP contribution in [0.15, 0.2) is 54.4 Å². The van der Waals surface area contributed by atoms with Crippen molar-refractivity contribution in [3.05, 3.63) is 60.1 Å². The maximum absolute atomic E-state index is 11.9. The van der Waals surface area contributed by atoms with E-state index in [2.05, 4.69) is 20.3 Å². The minimum atomic E-state index is -0.0933. The van der Waals surface area contributed by atoms with Gasteiger partial charge in [-0.3, -0.25) is 14.8 Å². The number of amides is 1. The third kappa shape index (κ3) is 3.49. The Balaban J connectivity index is 1.66. The number of nitrogens with one attached hydrogen (secondary N) is 1. The Kier molecular flexibility index (Phi) is 3.97. The first-order valence-corrected chi connectivity index (χ1v) is 7.24. The monoisotopic (exact) mass is 296 g/mol. The van der Waals surface area contributed by atoms with Crippen LogP contribution in [0.1, 0.15) is 5.69 Å². The summed E-state index contributed by atoms with van der Waals surface area (Å²) in [4.78, 5) is 24.4. The molecule has 0 aliphatic rings. The molecule has 0 fully saturated rings. The van der Waals surface area contributed by atoms with Crippen molar-refractivity contribution in [1.29, 1.82) is 0 Å². The number of hydrogen-bond donors (Lipinski definition) is 1. The van der Waals surface area contributed by atoms with Gasteiger partial charge in [0.1, 0.15) is 5.01 Å². The van der Waals surface area contributed by atoms with Crippen molar-refractivity contribution in [2.75, 3.05) is 5.32 Å². The number of carbonyl (C=O) groups is 1. The highest BCUT2D eigenvalue weighted by Gasteiger charge is 2.09. The summed E-state index contributed by atoms with van der Waals surface area (Å²) in [5.74, 6) is -0.0933. The third-order valence-corrected chi connectivity index (χ3v) is 3.71. The Morgan fingerprint density at radius 2 is 2.00 bits per heavy atom. The fourth-order valence-electron chi connectivity index (χ4n) is 1.81. The van der Waals surface area contributed by atoms with E-state index in [1.165, 1.54) is 11.3 Å². The molecule has 0 aliphatic carbocycles. The number of nitrogens with zero attached hydrogens (tertiary/aromatic N) is 3. The molecule has 3 heterocycles. The van der Waals surface area contributed by atoms with E-state index in [9.17, 15) is 4.79 Å². The molecule has 104 valence electrons. The molecule has 21 heavy (non-hydrogen) atoms. The average Bonchev–Trinajstić information content (AvgIpc) is 2.97. The van der Waals surface area contributed by atoms with Gasteiger partial charge in [-0.15, -0.1) is 11.3 Å². The van der Waals surface area contributed by atoms with Gasteiger partial charge in [-0.05, 0) is 24.3 Å². The molecular weight excluding hydrogens is 284 g/mol. The summed E-state index contributed by atoms with van der Waals surface area (Å²) < 4.78 is 0. The predicted molar refractivity (Wildman–Crippen MR) is 81.9 cm³/mol. The van der Waals surface area contributed by atoms with Crippen LogP contribution in [0.2, 0.25) is 0 Å². The van der Waals surface area contributed by atoms with Crippen LogP contribution >= 0.6 is 11.3 Å². The molecule has 1 amide bonds. The Morgan fingerprint density at radius 1 is 1.14 bits per heavy atom. The first-order valence-electron chi connectivity index (χ1n) is 6.36. The SMILES string of the molecule is O=C(Cc1csc(-c2cccnc2)n1)Nc1ccncc1. The number of pyridine rings is 2. The van der Waals surface area contributed by atoms with Crippen LogP contribution in [-0.4, -0.2) is 20.9 Å². The second-order valence-corrected chi connectivity index (χ2v) is 5.20. The van der Waals surface area contributed by atoms with Crippen LogP contribution in [0.5, 0.6) is 0 Å². The van der Waals surface area contributed by atoms with Crippen LogP contribution in [-0.2, 0) is 11.2 Å². The summed E-state index contributed by atoms with van der Waals surface area (Å²) >= 11 is 1.51. The lowest BCUT2D eigenvalue weighted by Crippen LogP contribution is -2.14. The number of carbonyl (C=O) groups excluding carboxylic acids is 1. The molecule has 1 N–H and O–H groups in total. The minimum Gasteiger partial charge on any atom is -0.326 e. The lowest BCUT2D eigenvalue weighted by Gasteiger charge is -2.02. The standard InChI is InChI=1S/C15H12N4OS/c20-14(18-12-3-6-16-7-4-12)8-13-10-21-15(19-13)11-2-1-5-17-9-11/h1-7,9-10H,8H2,(H,16,18,20). The van der Waals surface area contributed by atoms with Crippen LogP contribution < -0.4 is 5.32 Å². The zero-order valence-electron chi connectivity index (χ0n) is 11.1. The number of hydrogen-bond acceptors (Lipinski definition) is 5. The molecule has 0 radical (unpaired) electrons. The van der Waals surface area contributed by atoms with Crippen molar-refractivity contribution in [2.45, 2.75) is 6.42 Å². The third-order valence-electron chi connectivity index (χ3n) is 2.77. The summed E-state index contributed by atoms with van der Waals surface area (Å²) in [6.45, 7) is 0. The topological polar surface area (TPSA) is 67.8 Å². The summed E-state index contributed by atoms with van der Waals surface area (Å²) in [6.07, 6.45) is 7.01. The van der Waals surface area contributed by atoms with E-state index in [0.717, 1.165) is 22.0 Å². The van der Waals surface area contributed by atoms with Gasteiger partial charge in [0.25, 0.3) is 0 Å². The van der Waals surface area contributed by atoms with Crippen molar-refractivity contribution in [3.63, 3.8) is 0 Å². The molecule has 3 aromatic rings. The first-order chi connectivity index (χ1) is 10.3. The molecule has 0 unspecified atom stereocenters. The van der Waals surface area contributed by atoms with E-state index >= 15 is 0 Å². The average molecular weight is 296 g/mol. The quantitative estimate of drug-likeness (QED) is 0.804. The first kappa shape index (κ1) is 13.4. The van der Waals surface area contributed by atoms with Gasteiger partial charge in [-0.2, -0.15) is 0 Å². The van der Waals surface area contributed by atoms with E-state index in [1.807, 2.05) is 17.5 Å². The highest BCUT2D eigenvalue weighted by molar-refractivity contribution is 7.13. The second-order valence-electron chi connectivity index (χ2n) is 4.35. The highest BCUT2D eigenvalue weighted by atomic mass is 32.1. The van der Waals surface area contributed by atoms with E-state index < -0.39 is 0 Å². The lowest BCUT2D eigenvalue weighted by molar-refractivity contribution is -0.115. The van der Waals surface area contributed by atoms with E-state index in [4.69, 9.17) is 0 Å². The van der Waals surface area contributed by atoms with Crippen molar-refractivity contribution in [2.24, 2.45) is 0 Å².